The predicted molar refractivity (Wildman–Crippen MR) is 88.5 cm³/mol. The second kappa shape index (κ2) is 7.02. The van der Waals surface area contributed by atoms with Gasteiger partial charge in [-0.3, -0.25) is 4.79 Å². The van der Waals surface area contributed by atoms with Crippen molar-refractivity contribution in [3.05, 3.63) is 22.7 Å². The van der Waals surface area contributed by atoms with Gasteiger partial charge >= 0.3 is 5.97 Å². The first-order valence-corrected chi connectivity index (χ1v) is 7.23. The Kier molecular flexibility index (Phi) is 5.06. The number of nitrogen functional groups attached to an aromatic ring is 2. The lowest BCUT2D eigenvalue weighted by molar-refractivity contribution is -0.132. The van der Waals surface area contributed by atoms with E-state index in [0.29, 0.717) is 12.2 Å². The molecule has 0 aliphatic rings. The molecule has 0 fully saturated rings. The van der Waals surface area contributed by atoms with Crippen molar-refractivity contribution in [1.29, 1.82) is 5.26 Å². The van der Waals surface area contributed by atoms with Gasteiger partial charge in [-0.25, -0.2) is 4.98 Å². The van der Waals surface area contributed by atoms with Gasteiger partial charge in [0, 0.05) is 12.5 Å². The van der Waals surface area contributed by atoms with E-state index in [4.69, 9.17) is 32.5 Å². The number of nitriles is 1. The van der Waals surface area contributed by atoms with Gasteiger partial charge in [0.05, 0.1) is 17.3 Å². The van der Waals surface area contributed by atoms with Crippen molar-refractivity contribution in [2.45, 2.75) is 13.8 Å². The summed E-state index contributed by atoms with van der Waals surface area (Å²) < 4.78 is 10.5. The molecule has 9 heteroatoms. The van der Waals surface area contributed by atoms with E-state index in [9.17, 15) is 10.1 Å². The highest BCUT2D eigenvalue weighted by atomic mass is 35.5. The quantitative estimate of drug-likeness (QED) is 0.633. The molecule has 2 aromatic rings. The summed E-state index contributed by atoms with van der Waals surface area (Å²) in [7, 11) is 0. The number of benzene rings is 1. The van der Waals surface area contributed by atoms with Crippen LogP contribution >= 0.6 is 11.6 Å². The lowest BCUT2D eigenvalue weighted by Crippen LogP contribution is -2.07. The number of hydrogen-bond acceptors (Lipinski definition) is 8. The fraction of sp³-hybridized carbons (Fsp3) is 0.200. The van der Waals surface area contributed by atoms with Crippen LogP contribution in [0.25, 0.3) is 11.3 Å². The molecule has 0 aliphatic carbocycles. The van der Waals surface area contributed by atoms with E-state index in [1.165, 1.54) is 19.1 Å². The van der Waals surface area contributed by atoms with Crippen LogP contribution in [0.4, 0.5) is 11.8 Å². The maximum absolute atomic E-state index is 11.2. The minimum atomic E-state index is -0.543. The number of carbonyl (C=O) groups excluding carboxylic acids is 1. The summed E-state index contributed by atoms with van der Waals surface area (Å²) in [5.41, 5.74) is 12.0. The largest absolute Gasteiger partial charge is 0.490 e. The topological polar surface area (TPSA) is 137 Å². The monoisotopic (exact) mass is 347 g/mol. The molecule has 0 saturated heterocycles. The fourth-order valence-electron chi connectivity index (χ4n) is 2.03. The van der Waals surface area contributed by atoms with Crippen LogP contribution in [0.15, 0.2) is 12.1 Å². The van der Waals surface area contributed by atoms with Crippen LogP contribution < -0.4 is 20.9 Å². The molecule has 0 saturated carbocycles. The fourth-order valence-corrected chi connectivity index (χ4v) is 2.27. The van der Waals surface area contributed by atoms with Crippen molar-refractivity contribution in [2.75, 3.05) is 18.1 Å². The highest BCUT2D eigenvalue weighted by Crippen LogP contribution is 2.40. The Morgan fingerprint density at radius 1 is 1.38 bits per heavy atom. The Morgan fingerprint density at radius 3 is 2.67 bits per heavy atom. The van der Waals surface area contributed by atoms with Gasteiger partial charge in [0.1, 0.15) is 17.5 Å². The molecule has 0 bridgehead atoms. The summed E-state index contributed by atoms with van der Waals surface area (Å²) in [5.74, 6) is -0.352. The third-order valence-corrected chi connectivity index (χ3v) is 3.18. The summed E-state index contributed by atoms with van der Waals surface area (Å²) in [4.78, 5) is 19.0. The first kappa shape index (κ1) is 17.3. The number of anilines is 2. The Bertz CT molecular complexity index is 848. The van der Waals surface area contributed by atoms with E-state index in [0.717, 1.165) is 0 Å². The van der Waals surface area contributed by atoms with E-state index in [-0.39, 0.29) is 39.5 Å². The molecule has 0 atom stereocenters. The number of hydrogen-bond donors (Lipinski definition) is 2. The molecular weight excluding hydrogens is 334 g/mol. The second-order valence-electron chi connectivity index (χ2n) is 4.61. The van der Waals surface area contributed by atoms with E-state index in [1.54, 1.807) is 6.92 Å². The van der Waals surface area contributed by atoms with Gasteiger partial charge < -0.3 is 20.9 Å². The van der Waals surface area contributed by atoms with Crippen LogP contribution in [0.2, 0.25) is 5.02 Å². The summed E-state index contributed by atoms with van der Waals surface area (Å²) in [6.07, 6.45) is 0. The van der Waals surface area contributed by atoms with Gasteiger partial charge in [-0.1, -0.05) is 11.6 Å². The number of carbonyl (C=O) groups is 1. The number of halogens is 1. The van der Waals surface area contributed by atoms with Crippen LogP contribution in [-0.2, 0) is 4.79 Å². The maximum atomic E-state index is 11.2. The molecule has 124 valence electrons. The third-order valence-electron chi connectivity index (χ3n) is 2.89. The molecule has 0 unspecified atom stereocenters. The standard InChI is InChI=1S/C15H14ClN5O3/c1-3-23-11-5-8(4-10(16)13(11)24-7(2)22)12-9(6-17)14(18)21-15(19)20-12/h4-5H,3H2,1-2H3,(H4,18,19,20,21). The van der Waals surface area contributed by atoms with Gasteiger partial charge in [0.2, 0.25) is 5.95 Å². The number of ether oxygens (including phenoxy) is 2. The molecule has 8 nitrogen and oxygen atoms in total. The Morgan fingerprint density at radius 2 is 2.08 bits per heavy atom. The van der Waals surface area contributed by atoms with Crippen molar-refractivity contribution in [3.8, 4) is 28.8 Å². The van der Waals surface area contributed by atoms with Crippen molar-refractivity contribution in [1.82, 2.24) is 9.97 Å². The Balaban J connectivity index is 2.69. The zero-order valence-electron chi connectivity index (χ0n) is 13.0. The molecule has 1 aromatic heterocycles. The Labute approximate surface area is 143 Å². The maximum Gasteiger partial charge on any atom is 0.308 e. The Hall–Kier alpha value is -3.05. The second-order valence-corrected chi connectivity index (χ2v) is 5.02. The van der Waals surface area contributed by atoms with E-state index in [2.05, 4.69) is 9.97 Å². The first-order chi connectivity index (χ1) is 11.4. The highest BCUT2D eigenvalue weighted by molar-refractivity contribution is 6.32. The lowest BCUT2D eigenvalue weighted by atomic mass is 10.1. The number of esters is 1. The van der Waals surface area contributed by atoms with Gasteiger partial charge in [-0.05, 0) is 19.1 Å². The number of rotatable bonds is 4. The normalized spacial score (nSPS) is 10.1. The van der Waals surface area contributed by atoms with Crippen molar-refractivity contribution in [3.63, 3.8) is 0 Å². The van der Waals surface area contributed by atoms with Crippen LogP contribution in [0.3, 0.4) is 0 Å². The number of nitrogens with two attached hydrogens (primary N) is 2. The van der Waals surface area contributed by atoms with E-state index >= 15 is 0 Å². The average Bonchev–Trinajstić information content (AvgIpc) is 2.49. The molecular formula is C15H14ClN5O3. The van der Waals surface area contributed by atoms with Crippen molar-refractivity contribution >= 4 is 29.3 Å². The zero-order chi connectivity index (χ0) is 17.9. The minimum Gasteiger partial charge on any atom is -0.490 e. The molecule has 0 amide bonds. The van der Waals surface area contributed by atoms with Crippen LogP contribution in [0.5, 0.6) is 11.5 Å². The first-order valence-electron chi connectivity index (χ1n) is 6.85. The molecule has 24 heavy (non-hydrogen) atoms. The third kappa shape index (κ3) is 3.47. The zero-order valence-corrected chi connectivity index (χ0v) is 13.7. The molecule has 2 rings (SSSR count). The van der Waals surface area contributed by atoms with E-state index in [1.807, 2.05) is 6.07 Å². The highest BCUT2D eigenvalue weighted by Gasteiger charge is 2.19. The van der Waals surface area contributed by atoms with Gasteiger partial charge in [0.15, 0.2) is 11.5 Å². The molecule has 0 aliphatic heterocycles. The van der Waals surface area contributed by atoms with Crippen molar-refractivity contribution in [2.24, 2.45) is 0 Å². The average molecular weight is 348 g/mol. The summed E-state index contributed by atoms with van der Waals surface area (Å²) in [6.45, 7) is 3.33. The minimum absolute atomic E-state index is 0.0434. The molecule has 1 aromatic carbocycles. The van der Waals surface area contributed by atoms with Crippen LogP contribution in [-0.4, -0.2) is 22.5 Å². The van der Waals surface area contributed by atoms with Crippen LogP contribution in [0, 0.1) is 11.3 Å². The number of nitrogens with zero attached hydrogens (tertiary/aromatic N) is 3. The summed E-state index contributed by atoms with van der Waals surface area (Å²) in [5, 5.41) is 9.40. The molecule has 0 radical (unpaired) electrons. The molecule has 4 N–H and O–H groups in total. The van der Waals surface area contributed by atoms with E-state index < -0.39 is 5.97 Å². The SMILES string of the molecule is CCOc1cc(-c2nc(N)nc(N)c2C#N)cc(Cl)c1OC(C)=O. The summed E-state index contributed by atoms with van der Waals surface area (Å²) in [6, 6.07) is 4.95. The smallest absolute Gasteiger partial charge is 0.308 e. The van der Waals surface area contributed by atoms with Gasteiger partial charge in [-0.2, -0.15) is 10.2 Å². The molecule has 0 spiro atoms. The number of aromatic nitrogens is 2. The van der Waals surface area contributed by atoms with Crippen molar-refractivity contribution < 1.29 is 14.3 Å². The summed E-state index contributed by atoms with van der Waals surface area (Å²) >= 11 is 6.19. The lowest BCUT2D eigenvalue weighted by Gasteiger charge is -2.14. The van der Waals surface area contributed by atoms with Gasteiger partial charge in [0.25, 0.3) is 0 Å². The van der Waals surface area contributed by atoms with Gasteiger partial charge in [-0.15, -0.1) is 0 Å². The molecule has 1 heterocycles. The van der Waals surface area contributed by atoms with Crippen LogP contribution in [0.1, 0.15) is 19.4 Å². The predicted octanol–water partition coefficient (Wildman–Crippen LogP) is 2.16.